The molecule has 0 spiro atoms. The Morgan fingerprint density at radius 3 is 2.71 bits per heavy atom. The highest BCUT2D eigenvalue weighted by Crippen LogP contribution is 2.49. The monoisotopic (exact) mass is 552 g/mol. The fourth-order valence-electron chi connectivity index (χ4n) is 5.10. The number of rotatable bonds is 6. The molecule has 9 heteroatoms. The second-order valence-corrected chi connectivity index (χ2v) is 13.2. The van der Waals surface area contributed by atoms with Crippen molar-refractivity contribution in [2.45, 2.75) is 64.2 Å². The van der Waals surface area contributed by atoms with Crippen molar-refractivity contribution in [3.05, 3.63) is 63.0 Å². The van der Waals surface area contributed by atoms with Gasteiger partial charge in [-0.15, -0.1) is 23.1 Å². The molecule has 1 N–H and O–H groups in total. The van der Waals surface area contributed by atoms with Crippen molar-refractivity contribution >= 4 is 40.7 Å². The van der Waals surface area contributed by atoms with Crippen molar-refractivity contribution in [1.82, 2.24) is 15.1 Å². The number of hydrogen-bond acceptors (Lipinski definition) is 6. The van der Waals surface area contributed by atoms with E-state index in [0.29, 0.717) is 12.4 Å². The number of fused-ring (bicyclic) bond motifs is 1. The lowest BCUT2D eigenvalue weighted by atomic mass is 9.88. The number of hydrogen-bond donors (Lipinski definition) is 1. The maximum absolute atomic E-state index is 13.7. The van der Waals surface area contributed by atoms with E-state index < -0.39 is 0 Å². The molecule has 3 aromatic rings. The summed E-state index contributed by atoms with van der Waals surface area (Å²) in [4.78, 5) is 29.8. The predicted octanol–water partition coefficient (Wildman–Crippen LogP) is 5.31. The SMILES string of the molecule is Cc1cccc(-n2nc(C(C)(C)C)c3c2N(CC(=O)NC[C@H]2CCCO2)C(=O)CS[C@H]3c2cccs2)c1C. The largest absolute Gasteiger partial charge is 0.376 e. The molecular formula is C29H36N4O3S2. The maximum atomic E-state index is 13.7. The van der Waals surface area contributed by atoms with E-state index in [1.807, 2.05) is 16.8 Å². The Balaban J connectivity index is 1.66. The van der Waals surface area contributed by atoms with Gasteiger partial charge in [-0.3, -0.25) is 14.5 Å². The van der Waals surface area contributed by atoms with Crippen LogP contribution in [-0.2, 0) is 19.7 Å². The van der Waals surface area contributed by atoms with Gasteiger partial charge in [0.25, 0.3) is 0 Å². The Hall–Kier alpha value is -2.62. The van der Waals surface area contributed by atoms with Crippen LogP contribution in [-0.4, -0.2) is 53.1 Å². The smallest absolute Gasteiger partial charge is 0.240 e. The molecule has 2 aliphatic rings. The van der Waals surface area contributed by atoms with Crippen LogP contribution in [0, 0.1) is 13.8 Å². The molecule has 202 valence electrons. The van der Waals surface area contributed by atoms with Crippen molar-refractivity contribution in [1.29, 1.82) is 0 Å². The summed E-state index contributed by atoms with van der Waals surface area (Å²) >= 11 is 3.31. The minimum absolute atomic E-state index is 0.0427. The summed E-state index contributed by atoms with van der Waals surface area (Å²) in [6, 6.07) is 10.3. The topological polar surface area (TPSA) is 76.5 Å². The first-order valence-corrected chi connectivity index (χ1v) is 15.1. The van der Waals surface area contributed by atoms with E-state index in [0.717, 1.165) is 47.5 Å². The van der Waals surface area contributed by atoms with E-state index in [2.05, 4.69) is 63.5 Å². The van der Waals surface area contributed by atoms with E-state index in [-0.39, 0.29) is 40.9 Å². The summed E-state index contributed by atoms with van der Waals surface area (Å²) in [6.07, 6.45) is 2.00. The Kier molecular flexibility index (Phi) is 7.71. The van der Waals surface area contributed by atoms with Gasteiger partial charge in [0, 0.05) is 29.0 Å². The van der Waals surface area contributed by atoms with Gasteiger partial charge in [0.2, 0.25) is 11.8 Å². The van der Waals surface area contributed by atoms with Crippen molar-refractivity contribution in [2.75, 3.05) is 30.3 Å². The minimum atomic E-state index is -0.274. The van der Waals surface area contributed by atoms with Crippen LogP contribution in [0.2, 0.25) is 0 Å². The zero-order valence-electron chi connectivity index (χ0n) is 22.7. The highest BCUT2D eigenvalue weighted by Gasteiger charge is 2.40. The Morgan fingerprint density at radius 2 is 2.03 bits per heavy atom. The zero-order valence-corrected chi connectivity index (χ0v) is 24.4. The van der Waals surface area contributed by atoms with Crippen LogP contribution in [0.3, 0.4) is 0 Å². The number of carbonyl (C=O) groups excluding carboxylic acids is 2. The first kappa shape index (κ1) is 27.0. The molecule has 38 heavy (non-hydrogen) atoms. The van der Waals surface area contributed by atoms with Crippen LogP contribution in [0.1, 0.15) is 66.1 Å². The Morgan fingerprint density at radius 1 is 1.21 bits per heavy atom. The number of thioether (sulfide) groups is 1. The summed E-state index contributed by atoms with van der Waals surface area (Å²) in [5.41, 5.74) is 4.85. The van der Waals surface area contributed by atoms with Gasteiger partial charge in [-0.25, -0.2) is 4.68 Å². The molecular weight excluding hydrogens is 516 g/mol. The first-order valence-electron chi connectivity index (χ1n) is 13.2. The van der Waals surface area contributed by atoms with Crippen LogP contribution < -0.4 is 10.2 Å². The van der Waals surface area contributed by atoms with E-state index in [9.17, 15) is 9.59 Å². The number of benzene rings is 1. The minimum Gasteiger partial charge on any atom is -0.376 e. The molecule has 2 aromatic heterocycles. The third-order valence-electron chi connectivity index (χ3n) is 7.26. The number of aryl methyl sites for hydroxylation is 1. The fraction of sp³-hybridized carbons (Fsp3) is 0.483. The lowest BCUT2D eigenvalue weighted by Crippen LogP contribution is -2.44. The van der Waals surface area contributed by atoms with Crippen molar-refractivity contribution < 1.29 is 14.3 Å². The number of nitrogens with one attached hydrogen (secondary N) is 1. The van der Waals surface area contributed by atoms with Gasteiger partial charge < -0.3 is 10.1 Å². The van der Waals surface area contributed by atoms with Crippen LogP contribution in [0.25, 0.3) is 5.69 Å². The number of thiophene rings is 1. The summed E-state index contributed by atoms with van der Waals surface area (Å²) in [5.74, 6) is 0.705. The normalized spacial score (nSPS) is 19.9. The molecule has 2 atom stereocenters. The maximum Gasteiger partial charge on any atom is 0.240 e. The van der Waals surface area contributed by atoms with Crippen molar-refractivity contribution in [2.24, 2.45) is 0 Å². The van der Waals surface area contributed by atoms with E-state index >= 15 is 0 Å². The summed E-state index contributed by atoms with van der Waals surface area (Å²) in [6.45, 7) is 11.8. The van der Waals surface area contributed by atoms with E-state index in [1.165, 1.54) is 4.88 Å². The molecule has 0 radical (unpaired) electrons. The highest BCUT2D eigenvalue weighted by molar-refractivity contribution is 8.00. The van der Waals surface area contributed by atoms with E-state index in [4.69, 9.17) is 9.84 Å². The van der Waals surface area contributed by atoms with Gasteiger partial charge in [0.1, 0.15) is 12.4 Å². The third kappa shape index (κ3) is 5.28. The lowest BCUT2D eigenvalue weighted by Gasteiger charge is -2.24. The number of carbonyl (C=O) groups is 2. The molecule has 4 heterocycles. The van der Waals surface area contributed by atoms with Gasteiger partial charge >= 0.3 is 0 Å². The number of amides is 2. The number of nitrogens with zero attached hydrogens (tertiary/aromatic N) is 3. The predicted molar refractivity (Wildman–Crippen MR) is 155 cm³/mol. The first-order chi connectivity index (χ1) is 18.1. The average Bonchev–Trinajstić information content (AvgIpc) is 3.63. The molecule has 1 fully saturated rings. The lowest BCUT2D eigenvalue weighted by molar-refractivity contribution is -0.123. The average molecular weight is 553 g/mol. The molecule has 2 amide bonds. The Bertz CT molecular complexity index is 1320. The van der Waals surface area contributed by atoms with E-state index in [1.54, 1.807) is 28.0 Å². The third-order valence-corrected chi connectivity index (χ3v) is 9.58. The molecule has 0 aliphatic carbocycles. The Labute approximate surface area is 232 Å². The molecule has 0 saturated carbocycles. The summed E-state index contributed by atoms with van der Waals surface area (Å²) in [7, 11) is 0. The number of anilines is 1. The molecule has 7 nitrogen and oxygen atoms in total. The van der Waals surface area contributed by atoms with Gasteiger partial charge in [-0.1, -0.05) is 39.0 Å². The molecule has 2 aliphatic heterocycles. The van der Waals surface area contributed by atoms with Gasteiger partial charge in [-0.05, 0) is 55.3 Å². The highest BCUT2D eigenvalue weighted by atomic mass is 32.2. The van der Waals surface area contributed by atoms with Gasteiger partial charge in [0.15, 0.2) is 0 Å². The van der Waals surface area contributed by atoms with Crippen LogP contribution >= 0.6 is 23.1 Å². The molecule has 5 rings (SSSR count). The standard InChI is InChI=1S/C29H36N4O3S2/c1-18-9-6-11-21(19(18)2)33-28-25(27(31-33)29(3,4)5)26(22-12-8-14-37-22)38-17-24(35)32(28)16-23(34)30-15-20-10-7-13-36-20/h6,8-9,11-12,14,20,26H,7,10,13,15-17H2,1-5H3,(H,30,34)/t20-,26+/m1/s1. The second kappa shape index (κ2) is 10.9. The fourth-order valence-corrected chi connectivity index (χ4v) is 7.28. The van der Waals surface area contributed by atoms with Gasteiger partial charge in [0.05, 0.1) is 28.5 Å². The molecule has 0 unspecified atom stereocenters. The summed E-state index contributed by atoms with van der Waals surface area (Å²) < 4.78 is 7.59. The van der Waals surface area contributed by atoms with Gasteiger partial charge in [-0.2, -0.15) is 5.10 Å². The molecule has 1 saturated heterocycles. The van der Waals surface area contributed by atoms with Crippen LogP contribution in [0.15, 0.2) is 35.7 Å². The number of aromatic nitrogens is 2. The van der Waals surface area contributed by atoms with Crippen LogP contribution in [0.5, 0.6) is 0 Å². The molecule has 0 bridgehead atoms. The van der Waals surface area contributed by atoms with Crippen molar-refractivity contribution in [3.8, 4) is 5.69 Å². The zero-order chi connectivity index (χ0) is 27.0. The second-order valence-electron chi connectivity index (χ2n) is 11.1. The summed E-state index contributed by atoms with van der Waals surface area (Å²) in [5, 5.41) is 10.2. The molecule has 1 aromatic carbocycles. The number of ether oxygens (including phenoxy) is 1. The quantitative estimate of drug-likeness (QED) is 0.448. The van der Waals surface area contributed by atoms with Crippen molar-refractivity contribution in [3.63, 3.8) is 0 Å². The van der Waals surface area contributed by atoms with Crippen LogP contribution in [0.4, 0.5) is 5.82 Å².